The summed E-state index contributed by atoms with van der Waals surface area (Å²) in [5.74, 6) is 0.725. The molecule has 0 saturated carbocycles. The van der Waals surface area contributed by atoms with Gasteiger partial charge < -0.3 is 30.1 Å². The zero-order chi connectivity index (χ0) is 23.0. The number of fused-ring (bicyclic) bond motifs is 1. The number of anilines is 1. The van der Waals surface area contributed by atoms with Gasteiger partial charge in [0.15, 0.2) is 9.84 Å². The van der Waals surface area contributed by atoms with Crippen molar-refractivity contribution in [2.75, 3.05) is 24.7 Å². The van der Waals surface area contributed by atoms with Crippen molar-refractivity contribution in [3.8, 4) is 5.75 Å². The van der Waals surface area contributed by atoms with Gasteiger partial charge in [0.1, 0.15) is 30.2 Å². The molecule has 9 heteroatoms. The number of benzene rings is 2. The Balaban J connectivity index is 1.65. The fraction of sp³-hybridized carbons (Fsp3) is 0.478. The van der Waals surface area contributed by atoms with Gasteiger partial charge in [-0.1, -0.05) is 19.1 Å². The molecule has 0 aliphatic carbocycles. The molecule has 1 saturated heterocycles. The fourth-order valence-electron chi connectivity index (χ4n) is 4.42. The molecule has 0 unspecified atom stereocenters. The summed E-state index contributed by atoms with van der Waals surface area (Å²) in [6.07, 6.45) is -4.14. The number of methoxy groups -OCH3 is 1. The van der Waals surface area contributed by atoms with Crippen LogP contribution >= 0.6 is 0 Å². The van der Waals surface area contributed by atoms with E-state index in [1.807, 2.05) is 19.1 Å². The molecule has 2 aliphatic heterocycles. The van der Waals surface area contributed by atoms with Crippen LogP contribution in [0.2, 0.25) is 0 Å². The van der Waals surface area contributed by atoms with E-state index in [4.69, 9.17) is 9.47 Å². The Morgan fingerprint density at radius 1 is 1.09 bits per heavy atom. The number of sulfone groups is 1. The molecule has 0 radical (unpaired) electrons. The van der Waals surface area contributed by atoms with E-state index in [1.165, 1.54) is 0 Å². The molecular weight excluding hydrogens is 434 g/mol. The van der Waals surface area contributed by atoms with Crippen LogP contribution in [0.25, 0.3) is 0 Å². The number of rotatable bonds is 5. The molecule has 0 bridgehead atoms. The van der Waals surface area contributed by atoms with Crippen molar-refractivity contribution in [2.24, 2.45) is 0 Å². The van der Waals surface area contributed by atoms with E-state index in [0.717, 1.165) is 11.1 Å². The Hall–Kier alpha value is -2.17. The van der Waals surface area contributed by atoms with E-state index in [0.29, 0.717) is 41.3 Å². The first-order valence-corrected chi connectivity index (χ1v) is 12.4. The zero-order valence-corrected chi connectivity index (χ0v) is 18.9. The van der Waals surface area contributed by atoms with Crippen LogP contribution in [0.15, 0.2) is 41.3 Å². The Labute approximate surface area is 187 Å². The number of aliphatic hydroxyl groups is 3. The predicted molar refractivity (Wildman–Crippen MR) is 119 cm³/mol. The van der Waals surface area contributed by atoms with E-state index in [2.05, 4.69) is 5.32 Å². The Kier molecular flexibility index (Phi) is 6.46. The van der Waals surface area contributed by atoms with Gasteiger partial charge in [-0.05, 0) is 47.4 Å². The minimum Gasteiger partial charge on any atom is -0.496 e. The largest absolute Gasteiger partial charge is 0.496 e. The van der Waals surface area contributed by atoms with Crippen LogP contribution in [0.4, 0.5) is 5.69 Å². The summed E-state index contributed by atoms with van der Waals surface area (Å²) in [7, 11) is -1.70. The van der Waals surface area contributed by atoms with Crippen LogP contribution in [-0.4, -0.2) is 67.6 Å². The monoisotopic (exact) mass is 463 g/mol. The molecule has 4 N–H and O–H groups in total. The smallest absolute Gasteiger partial charge is 0.182 e. The number of hydrogen-bond acceptors (Lipinski definition) is 8. The molecule has 174 valence electrons. The van der Waals surface area contributed by atoms with Gasteiger partial charge >= 0.3 is 0 Å². The summed E-state index contributed by atoms with van der Waals surface area (Å²) >= 11 is 0. The van der Waals surface area contributed by atoms with Crippen molar-refractivity contribution in [3.63, 3.8) is 0 Å². The average molecular weight is 464 g/mol. The molecule has 4 rings (SSSR count). The van der Waals surface area contributed by atoms with E-state index < -0.39 is 40.4 Å². The molecule has 0 spiro atoms. The Morgan fingerprint density at radius 3 is 2.59 bits per heavy atom. The number of hydrogen-bond donors (Lipinski definition) is 4. The lowest BCUT2D eigenvalue weighted by Gasteiger charge is -2.40. The SMILES string of the molecule is CC[C@H]1O[C@@H](c2ccc(OC)c(Cc3ccc4c(c3)NCCS4(=O)=O)c2)[C@H](O)[C@@H](O)[C@@H]1O. The quantitative estimate of drug-likeness (QED) is 0.525. The molecule has 5 atom stereocenters. The third-order valence-electron chi connectivity index (χ3n) is 6.21. The molecule has 0 aromatic heterocycles. The number of aliphatic hydroxyl groups excluding tert-OH is 3. The summed E-state index contributed by atoms with van der Waals surface area (Å²) in [5, 5.41) is 34.1. The number of nitrogens with one attached hydrogen (secondary N) is 1. The predicted octanol–water partition coefficient (Wildman–Crippen LogP) is 1.42. The van der Waals surface area contributed by atoms with Crippen molar-refractivity contribution in [1.29, 1.82) is 0 Å². The molecule has 8 nitrogen and oxygen atoms in total. The fourth-order valence-corrected chi connectivity index (χ4v) is 5.76. The highest BCUT2D eigenvalue weighted by Crippen LogP contribution is 2.36. The second-order valence-electron chi connectivity index (χ2n) is 8.30. The van der Waals surface area contributed by atoms with Gasteiger partial charge in [-0.25, -0.2) is 8.42 Å². The zero-order valence-electron chi connectivity index (χ0n) is 18.1. The molecule has 32 heavy (non-hydrogen) atoms. The molecule has 1 fully saturated rings. The summed E-state index contributed by atoms with van der Waals surface area (Å²) in [4.78, 5) is 0.310. The third-order valence-corrected chi connectivity index (χ3v) is 7.98. The van der Waals surface area contributed by atoms with Gasteiger partial charge in [-0.3, -0.25) is 0 Å². The van der Waals surface area contributed by atoms with E-state index in [1.54, 1.807) is 31.4 Å². The summed E-state index contributed by atoms with van der Waals surface area (Å²) in [6, 6.07) is 10.6. The van der Waals surface area contributed by atoms with E-state index >= 15 is 0 Å². The maximum absolute atomic E-state index is 12.3. The van der Waals surface area contributed by atoms with E-state index in [-0.39, 0.29) is 5.75 Å². The second-order valence-corrected chi connectivity index (χ2v) is 10.4. The van der Waals surface area contributed by atoms with Gasteiger partial charge in [0, 0.05) is 13.0 Å². The van der Waals surface area contributed by atoms with Crippen molar-refractivity contribution >= 4 is 15.5 Å². The summed E-state index contributed by atoms with van der Waals surface area (Å²) in [6.45, 7) is 2.22. The van der Waals surface area contributed by atoms with Gasteiger partial charge in [-0.15, -0.1) is 0 Å². The molecular formula is C23H29NO7S. The first-order valence-electron chi connectivity index (χ1n) is 10.7. The highest BCUT2D eigenvalue weighted by molar-refractivity contribution is 7.91. The Morgan fingerprint density at radius 2 is 1.88 bits per heavy atom. The summed E-state index contributed by atoms with van der Waals surface area (Å²) < 4.78 is 35.9. The van der Waals surface area contributed by atoms with Crippen LogP contribution in [0, 0.1) is 0 Å². The second kappa shape index (κ2) is 8.99. The highest BCUT2D eigenvalue weighted by Gasteiger charge is 2.43. The molecule has 2 heterocycles. The van der Waals surface area contributed by atoms with Crippen molar-refractivity contribution in [1.82, 2.24) is 0 Å². The van der Waals surface area contributed by atoms with Crippen LogP contribution < -0.4 is 10.1 Å². The summed E-state index contributed by atoms with van der Waals surface area (Å²) in [5.41, 5.74) is 2.98. The maximum Gasteiger partial charge on any atom is 0.182 e. The van der Waals surface area contributed by atoms with Crippen molar-refractivity contribution in [3.05, 3.63) is 53.1 Å². The van der Waals surface area contributed by atoms with Crippen LogP contribution in [0.1, 0.15) is 36.1 Å². The van der Waals surface area contributed by atoms with Gasteiger partial charge in [0.2, 0.25) is 0 Å². The molecule has 0 amide bonds. The Bertz CT molecular complexity index is 1090. The van der Waals surface area contributed by atoms with Crippen LogP contribution in [0.5, 0.6) is 5.75 Å². The highest BCUT2D eigenvalue weighted by atomic mass is 32.2. The van der Waals surface area contributed by atoms with E-state index in [9.17, 15) is 23.7 Å². The minimum absolute atomic E-state index is 0.0816. The lowest BCUT2D eigenvalue weighted by molar-refractivity contribution is -0.225. The molecule has 2 aromatic rings. The third kappa shape index (κ3) is 4.23. The lowest BCUT2D eigenvalue weighted by atomic mass is 9.89. The first kappa shape index (κ1) is 23.0. The normalized spacial score (nSPS) is 29.1. The molecule has 2 aromatic carbocycles. The van der Waals surface area contributed by atoms with Crippen LogP contribution in [-0.2, 0) is 21.0 Å². The lowest BCUT2D eigenvalue weighted by Crippen LogP contribution is -2.53. The maximum atomic E-state index is 12.3. The van der Waals surface area contributed by atoms with Crippen molar-refractivity contribution < 1.29 is 33.2 Å². The average Bonchev–Trinajstić information content (AvgIpc) is 2.77. The minimum atomic E-state index is -3.27. The van der Waals surface area contributed by atoms with Crippen molar-refractivity contribution in [2.45, 2.75) is 55.2 Å². The topological polar surface area (TPSA) is 125 Å². The van der Waals surface area contributed by atoms with Gasteiger partial charge in [0.05, 0.1) is 29.5 Å². The van der Waals surface area contributed by atoms with Gasteiger partial charge in [0.25, 0.3) is 0 Å². The first-order chi connectivity index (χ1) is 15.2. The van der Waals surface area contributed by atoms with Crippen LogP contribution in [0.3, 0.4) is 0 Å². The molecule has 2 aliphatic rings. The number of ether oxygens (including phenoxy) is 2. The van der Waals surface area contributed by atoms with Gasteiger partial charge in [-0.2, -0.15) is 0 Å². The standard InChI is InChI=1S/C23H29NO7S/c1-3-17-20(25)21(26)22(27)23(31-17)14-5-6-18(30-2)15(12-14)10-13-4-7-19-16(11-13)24-8-9-32(19,28)29/h4-7,11-12,17,20-27H,3,8-10H2,1-2H3/t17-,20-,21+,22-,23+/m1/s1.